The number of hydrogen-bond acceptors (Lipinski definition) is 3. The highest BCUT2D eigenvalue weighted by Gasteiger charge is 2.01. The minimum absolute atomic E-state index is 0.524. The molecule has 1 N–H and O–H groups in total. The van der Waals surface area contributed by atoms with Crippen molar-refractivity contribution in [3.63, 3.8) is 0 Å². The molecule has 1 rings (SSSR count). The number of oxime groups is 1. The van der Waals surface area contributed by atoms with Gasteiger partial charge in [0.15, 0.2) is 0 Å². The summed E-state index contributed by atoms with van der Waals surface area (Å²) in [6, 6.07) is 5.22. The summed E-state index contributed by atoms with van der Waals surface area (Å²) in [5.41, 5.74) is 0.737. The zero-order valence-electron chi connectivity index (χ0n) is 7.90. The first-order chi connectivity index (χ1) is 6.77. The van der Waals surface area contributed by atoms with Gasteiger partial charge in [-0.3, -0.25) is 0 Å². The highest BCUT2D eigenvalue weighted by Crippen LogP contribution is 2.24. The molecule has 0 atom stereocenters. The van der Waals surface area contributed by atoms with E-state index in [1.54, 1.807) is 18.2 Å². The molecule has 1 aromatic rings. The van der Waals surface area contributed by atoms with Crippen LogP contribution in [-0.4, -0.2) is 18.0 Å². The van der Waals surface area contributed by atoms with Crippen molar-refractivity contribution >= 4 is 17.8 Å². The van der Waals surface area contributed by atoms with E-state index < -0.39 is 0 Å². The molecule has 0 heterocycles. The third-order valence-corrected chi connectivity index (χ3v) is 1.92. The smallest absolute Gasteiger partial charge is 0.137 e. The fraction of sp³-hybridized carbons (Fsp3) is 0.300. The van der Waals surface area contributed by atoms with E-state index in [4.69, 9.17) is 21.5 Å². The number of ether oxygens (including phenoxy) is 1. The van der Waals surface area contributed by atoms with Crippen molar-refractivity contribution in [3.8, 4) is 5.75 Å². The predicted molar refractivity (Wildman–Crippen MR) is 56.6 cm³/mol. The van der Waals surface area contributed by atoms with Crippen molar-refractivity contribution in [2.75, 3.05) is 6.61 Å². The molecule has 4 heteroatoms. The van der Waals surface area contributed by atoms with Gasteiger partial charge in [-0.1, -0.05) is 23.7 Å². The minimum Gasteiger partial charge on any atom is -0.492 e. The summed E-state index contributed by atoms with van der Waals surface area (Å²) in [5, 5.41) is 11.8. The van der Waals surface area contributed by atoms with Gasteiger partial charge in [-0.15, -0.1) is 0 Å². The molecule has 1 aromatic carbocycles. The van der Waals surface area contributed by atoms with E-state index >= 15 is 0 Å². The van der Waals surface area contributed by atoms with E-state index in [-0.39, 0.29) is 0 Å². The Hall–Kier alpha value is -1.22. The van der Waals surface area contributed by atoms with Gasteiger partial charge in [0, 0.05) is 0 Å². The summed E-state index contributed by atoms with van der Waals surface area (Å²) in [5.74, 6) is 0.656. The van der Waals surface area contributed by atoms with Crippen LogP contribution in [0, 0.1) is 0 Å². The zero-order chi connectivity index (χ0) is 10.4. The largest absolute Gasteiger partial charge is 0.492 e. The molecule has 76 valence electrons. The molecule has 0 amide bonds. The van der Waals surface area contributed by atoms with Gasteiger partial charge in [0.05, 0.1) is 17.8 Å². The number of rotatable bonds is 4. The van der Waals surface area contributed by atoms with Crippen LogP contribution in [0.2, 0.25) is 5.02 Å². The van der Waals surface area contributed by atoms with Crippen molar-refractivity contribution in [1.29, 1.82) is 0 Å². The Morgan fingerprint density at radius 2 is 2.36 bits per heavy atom. The van der Waals surface area contributed by atoms with E-state index in [0.29, 0.717) is 17.4 Å². The van der Waals surface area contributed by atoms with Crippen LogP contribution >= 0.6 is 11.6 Å². The van der Waals surface area contributed by atoms with Gasteiger partial charge in [-0.25, -0.2) is 0 Å². The number of nitrogens with zero attached hydrogens (tertiary/aromatic N) is 1. The maximum Gasteiger partial charge on any atom is 0.137 e. The van der Waals surface area contributed by atoms with E-state index in [9.17, 15) is 0 Å². The average Bonchev–Trinajstić information content (AvgIpc) is 2.17. The first-order valence-electron chi connectivity index (χ1n) is 4.37. The molecule has 0 radical (unpaired) electrons. The standard InChI is InChI=1S/C10H12ClNO2/c1-2-5-14-10-4-3-8(7-12-13)6-9(10)11/h3-4,6-7,13H,2,5H2,1H3/b12-7+. The van der Waals surface area contributed by atoms with Gasteiger partial charge in [-0.2, -0.15) is 0 Å². The van der Waals surface area contributed by atoms with Crippen LogP contribution in [0.25, 0.3) is 0 Å². The monoisotopic (exact) mass is 213 g/mol. The first-order valence-corrected chi connectivity index (χ1v) is 4.75. The highest BCUT2D eigenvalue weighted by molar-refractivity contribution is 6.32. The van der Waals surface area contributed by atoms with Crippen LogP contribution < -0.4 is 4.74 Å². The molecule has 0 saturated carbocycles. The number of hydrogen-bond donors (Lipinski definition) is 1. The molecular weight excluding hydrogens is 202 g/mol. The molecule has 0 aromatic heterocycles. The Morgan fingerprint density at radius 3 is 2.93 bits per heavy atom. The maximum atomic E-state index is 8.32. The van der Waals surface area contributed by atoms with Crippen LogP contribution in [0.4, 0.5) is 0 Å². The van der Waals surface area contributed by atoms with E-state index in [1.165, 1.54) is 6.21 Å². The van der Waals surface area contributed by atoms with E-state index in [0.717, 1.165) is 12.0 Å². The lowest BCUT2D eigenvalue weighted by atomic mass is 10.2. The molecule has 0 saturated heterocycles. The molecule has 0 aliphatic rings. The second-order valence-electron chi connectivity index (χ2n) is 2.78. The molecule has 0 aliphatic heterocycles. The Balaban J connectivity index is 2.79. The third kappa shape index (κ3) is 2.92. The number of benzene rings is 1. The molecule has 0 aliphatic carbocycles. The van der Waals surface area contributed by atoms with Crippen molar-refractivity contribution in [3.05, 3.63) is 28.8 Å². The summed E-state index contributed by atoms with van der Waals surface area (Å²) in [7, 11) is 0. The van der Waals surface area contributed by atoms with Gasteiger partial charge in [0.25, 0.3) is 0 Å². The Bertz CT molecular complexity index is 326. The van der Waals surface area contributed by atoms with Crippen LogP contribution in [0.3, 0.4) is 0 Å². The molecule has 0 bridgehead atoms. The quantitative estimate of drug-likeness (QED) is 0.475. The minimum atomic E-state index is 0.524. The highest BCUT2D eigenvalue weighted by atomic mass is 35.5. The summed E-state index contributed by atoms with van der Waals surface area (Å²) in [6.45, 7) is 2.67. The van der Waals surface area contributed by atoms with Crippen LogP contribution in [-0.2, 0) is 0 Å². The Morgan fingerprint density at radius 1 is 1.57 bits per heavy atom. The second kappa shape index (κ2) is 5.50. The van der Waals surface area contributed by atoms with Gasteiger partial charge in [0.1, 0.15) is 5.75 Å². The normalized spacial score (nSPS) is 10.7. The van der Waals surface area contributed by atoms with Crippen molar-refractivity contribution in [2.45, 2.75) is 13.3 Å². The Labute approximate surface area is 88.0 Å². The second-order valence-corrected chi connectivity index (χ2v) is 3.19. The molecule has 0 spiro atoms. The summed E-state index contributed by atoms with van der Waals surface area (Å²) in [4.78, 5) is 0. The van der Waals surface area contributed by atoms with Gasteiger partial charge < -0.3 is 9.94 Å². The maximum absolute atomic E-state index is 8.32. The fourth-order valence-electron chi connectivity index (χ4n) is 0.993. The van der Waals surface area contributed by atoms with Crippen LogP contribution in [0.1, 0.15) is 18.9 Å². The lowest BCUT2D eigenvalue weighted by molar-refractivity contribution is 0.317. The fourth-order valence-corrected chi connectivity index (χ4v) is 1.24. The zero-order valence-corrected chi connectivity index (χ0v) is 8.66. The van der Waals surface area contributed by atoms with Crippen molar-refractivity contribution in [2.24, 2.45) is 5.16 Å². The lowest BCUT2D eigenvalue weighted by Crippen LogP contribution is -1.95. The molecule has 14 heavy (non-hydrogen) atoms. The molecule has 3 nitrogen and oxygen atoms in total. The SMILES string of the molecule is CCCOc1ccc(/C=N/O)cc1Cl. The van der Waals surface area contributed by atoms with Crippen LogP contribution in [0.5, 0.6) is 5.75 Å². The Kier molecular flexibility index (Phi) is 4.26. The van der Waals surface area contributed by atoms with Gasteiger partial charge in [0.2, 0.25) is 0 Å². The van der Waals surface area contributed by atoms with Crippen molar-refractivity contribution in [1.82, 2.24) is 0 Å². The summed E-state index contributed by atoms with van der Waals surface area (Å²) >= 11 is 5.93. The van der Waals surface area contributed by atoms with Gasteiger partial charge >= 0.3 is 0 Å². The van der Waals surface area contributed by atoms with E-state index in [1.807, 2.05) is 6.92 Å². The number of halogens is 1. The molecule has 0 fully saturated rings. The average molecular weight is 214 g/mol. The third-order valence-electron chi connectivity index (χ3n) is 1.62. The van der Waals surface area contributed by atoms with Crippen molar-refractivity contribution < 1.29 is 9.94 Å². The topological polar surface area (TPSA) is 41.8 Å². The van der Waals surface area contributed by atoms with E-state index in [2.05, 4.69) is 5.16 Å². The molecular formula is C10H12ClNO2. The lowest BCUT2D eigenvalue weighted by Gasteiger charge is -2.06. The van der Waals surface area contributed by atoms with Gasteiger partial charge in [-0.05, 0) is 30.2 Å². The predicted octanol–water partition coefficient (Wildman–Crippen LogP) is 2.94. The summed E-state index contributed by atoms with van der Waals surface area (Å²) < 4.78 is 5.38. The first kappa shape index (κ1) is 10.9. The molecule has 0 unspecified atom stereocenters. The summed E-state index contributed by atoms with van der Waals surface area (Å²) in [6.07, 6.45) is 2.26. The van der Waals surface area contributed by atoms with Crippen LogP contribution in [0.15, 0.2) is 23.4 Å².